The fourth-order valence-corrected chi connectivity index (χ4v) is 2.48. The van der Waals surface area contributed by atoms with Crippen LogP contribution in [0.15, 0.2) is 12.1 Å². The Balaban J connectivity index is 2.02. The van der Waals surface area contributed by atoms with E-state index in [0.717, 1.165) is 24.6 Å². The third-order valence-electron chi connectivity index (χ3n) is 1.70. The molecule has 14 heavy (non-hydrogen) atoms. The molecule has 0 atom stereocenters. The molecule has 0 aliphatic heterocycles. The maximum absolute atomic E-state index is 5.15. The molecule has 1 aromatic heterocycles. The van der Waals surface area contributed by atoms with Crippen molar-refractivity contribution in [2.45, 2.75) is 13.5 Å². The minimum absolute atomic E-state index is 0.819. The second-order valence-corrected chi connectivity index (χ2v) is 5.42. The normalized spacial score (nSPS) is 10.0. The van der Waals surface area contributed by atoms with Gasteiger partial charge >= 0.3 is 0 Å². The molecule has 1 nitrogen and oxygen atoms in total. The summed E-state index contributed by atoms with van der Waals surface area (Å²) in [5.41, 5.74) is 0. The van der Waals surface area contributed by atoms with Gasteiger partial charge in [-0.25, -0.2) is 0 Å². The lowest BCUT2D eigenvalue weighted by atomic mass is 10.4. The molecule has 76 valence electrons. The standard InChI is InChI=1S/C11H15NS2/c1-3-7-13-8-6-12-9-11-5-4-10(2)14-11/h1,4-5,12H,6-9H2,2H3. The molecule has 0 bridgehead atoms. The first-order valence-corrected chi connectivity index (χ1v) is 6.57. The van der Waals surface area contributed by atoms with Crippen molar-refractivity contribution in [3.63, 3.8) is 0 Å². The second-order valence-electron chi connectivity index (χ2n) is 2.95. The van der Waals surface area contributed by atoms with Crippen LogP contribution in [0.1, 0.15) is 9.75 Å². The molecule has 0 fully saturated rings. The van der Waals surface area contributed by atoms with Gasteiger partial charge in [0.2, 0.25) is 0 Å². The van der Waals surface area contributed by atoms with Crippen molar-refractivity contribution in [1.82, 2.24) is 5.32 Å². The highest BCUT2D eigenvalue weighted by atomic mass is 32.2. The predicted octanol–water partition coefficient (Wildman–Crippen LogP) is 2.51. The van der Waals surface area contributed by atoms with Gasteiger partial charge in [0.1, 0.15) is 0 Å². The molecule has 0 saturated heterocycles. The molecule has 0 aliphatic rings. The Morgan fingerprint density at radius 2 is 2.43 bits per heavy atom. The van der Waals surface area contributed by atoms with Crippen molar-refractivity contribution in [3.05, 3.63) is 21.9 Å². The molecule has 0 aliphatic carbocycles. The van der Waals surface area contributed by atoms with Gasteiger partial charge in [-0.05, 0) is 19.1 Å². The highest BCUT2D eigenvalue weighted by Crippen LogP contribution is 2.14. The molecule has 1 heterocycles. The zero-order chi connectivity index (χ0) is 10.2. The summed E-state index contributed by atoms with van der Waals surface area (Å²) in [6.45, 7) is 4.15. The van der Waals surface area contributed by atoms with E-state index in [1.807, 2.05) is 11.3 Å². The average molecular weight is 225 g/mol. The smallest absolute Gasteiger partial charge is 0.0545 e. The highest BCUT2D eigenvalue weighted by Gasteiger charge is 1.95. The molecule has 0 aromatic carbocycles. The van der Waals surface area contributed by atoms with Crippen LogP contribution in [0.5, 0.6) is 0 Å². The Kier molecular flexibility index (Phi) is 5.77. The van der Waals surface area contributed by atoms with Gasteiger partial charge in [-0.15, -0.1) is 29.5 Å². The molecular formula is C11H15NS2. The fraction of sp³-hybridized carbons (Fsp3) is 0.455. The molecule has 1 rings (SSSR count). The minimum Gasteiger partial charge on any atom is -0.311 e. The molecule has 0 saturated carbocycles. The highest BCUT2D eigenvalue weighted by molar-refractivity contribution is 7.99. The van der Waals surface area contributed by atoms with Crippen LogP contribution in [0, 0.1) is 19.3 Å². The number of thioether (sulfide) groups is 1. The van der Waals surface area contributed by atoms with Crippen molar-refractivity contribution >= 4 is 23.1 Å². The summed E-state index contributed by atoms with van der Waals surface area (Å²) in [5.74, 6) is 4.53. The van der Waals surface area contributed by atoms with Gasteiger partial charge in [-0.2, -0.15) is 0 Å². The Hall–Kier alpha value is -0.430. The fourth-order valence-electron chi connectivity index (χ4n) is 1.07. The van der Waals surface area contributed by atoms with E-state index >= 15 is 0 Å². The van der Waals surface area contributed by atoms with E-state index in [1.165, 1.54) is 9.75 Å². The summed E-state index contributed by atoms with van der Waals surface area (Å²) < 4.78 is 0. The van der Waals surface area contributed by atoms with Crippen molar-refractivity contribution in [3.8, 4) is 12.3 Å². The lowest BCUT2D eigenvalue weighted by Crippen LogP contribution is -2.15. The molecule has 1 aromatic rings. The predicted molar refractivity (Wildman–Crippen MR) is 66.9 cm³/mol. The first kappa shape index (κ1) is 11.6. The van der Waals surface area contributed by atoms with Crippen LogP contribution < -0.4 is 5.32 Å². The lowest BCUT2D eigenvalue weighted by molar-refractivity contribution is 0.741. The molecule has 0 spiro atoms. The SMILES string of the molecule is C#CCSCCNCc1ccc(C)s1. The van der Waals surface area contributed by atoms with Crippen molar-refractivity contribution in [2.24, 2.45) is 0 Å². The molecule has 0 amide bonds. The van der Waals surface area contributed by atoms with Crippen LogP contribution in [-0.2, 0) is 6.54 Å². The third kappa shape index (κ3) is 4.71. The first-order chi connectivity index (χ1) is 6.83. The summed E-state index contributed by atoms with van der Waals surface area (Å²) in [6, 6.07) is 4.34. The summed E-state index contributed by atoms with van der Waals surface area (Å²) in [6.07, 6.45) is 5.15. The lowest BCUT2D eigenvalue weighted by Gasteiger charge is -2.00. The largest absolute Gasteiger partial charge is 0.311 e. The van der Waals surface area contributed by atoms with Crippen LogP contribution in [0.2, 0.25) is 0 Å². The van der Waals surface area contributed by atoms with E-state index in [-0.39, 0.29) is 0 Å². The Labute approximate surface area is 94.3 Å². The molecule has 3 heteroatoms. The van der Waals surface area contributed by atoms with E-state index < -0.39 is 0 Å². The average Bonchev–Trinajstić information content (AvgIpc) is 2.58. The summed E-state index contributed by atoms with van der Waals surface area (Å²) in [5, 5.41) is 3.39. The number of rotatable bonds is 6. The topological polar surface area (TPSA) is 12.0 Å². The van der Waals surface area contributed by atoms with Gasteiger partial charge in [0.15, 0.2) is 0 Å². The quantitative estimate of drug-likeness (QED) is 0.590. The van der Waals surface area contributed by atoms with Crippen LogP contribution in [0.3, 0.4) is 0 Å². The summed E-state index contributed by atoms with van der Waals surface area (Å²) in [4.78, 5) is 2.79. The maximum Gasteiger partial charge on any atom is 0.0545 e. The number of terminal acetylenes is 1. The van der Waals surface area contributed by atoms with Gasteiger partial charge in [-0.3, -0.25) is 0 Å². The zero-order valence-electron chi connectivity index (χ0n) is 8.38. The van der Waals surface area contributed by atoms with Crippen molar-refractivity contribution in [1.29, 1.82) is 0 Å². The number of hydrogen-bond acceptors (Lipinski definition) is 3. The maximum atomic E-state index is 5.15. The zero-order valence-corrected chi connectivity index (χ0v) is 10.0. The molecular weight excluding hydrogens is 210 g/mol. The summed E-state index contributed by atoms with van der Waals surface area (Å²) in [7, 11) is 0. The molecule has 1 N–H and O–H groups in total. The van der Waals surface area contributed by atoms with Gasteiger partial charge in [0.05, 0.1) is 5.75 Å². The first-order valence-electron chi connectivity index (χ1n) is 4.60. The van der Waals surface area contributed by atoms with Gasteiger partial charge < -0.3 is 5.32 Å². The molecule has 0 radical (unpaired) electrons. The Morgan fingerprint density at radius 3 is 3.07 bits per heavy atom. The van der Waals surface area contributed by atoms with E-state index in [9.17, 15) is 0 Å². The number of thiophene rings is 1. The second kappa shape index (κ2) is 6.94. The minimum atomic E-state index is 0.819. The molecule has 0 unspecified atom stereocenters. The third-order valence-corrected chi connectivity index (χ3v) is 3.57. The monoisotopic (exact) mass is 225 g/mol. The number of hydrogen-bond donors (Lipinski definition) is 1. The summed E-state index contributed by atoms with van der Waals surface area (Å²) >= 11 is 3.65. The Bertz CT molecular complexity index is 298. The Morgan fingerprint density at radius 1 is 1.57 bits per heavy atom. The van der Waals surface area contributed by atoms with Crippen LogP contribution in [-0.4, -0.2) is 18.1 Å². The van der Waals surface area contributed by atoms with Crippen molar-refractivity contribution < 1.29 is 0 Å². The van der Waals surface area contributed by atoms with Gasteiger partial charge in [0, 0.05) is 28.6 Å². The number of nitrogens with one attached hydrogen (secondary N) is 1. The van der Waals surface area contributed by atoms with Gasteiger partial charge in [-0.1, -0.05) is 5.92 Å². The van der Waals surface area contributed by atoms with Gasteiger partial charge in [0.25, 0.3) is 0 Å². The van der Waals surface area contributed by atoms with Crippen LogP contribution >= 0.6 is 23.1 Å². The van der Waals surface area contributed by atoms with E-state index in [1.54, 1.807) is 11.8 Å². The number of aryl methyl sites for hydroxylation is 1. The van der Waals surface area contributed by atoms with Crippen molar-refractivity contribution in [2.75, 3.05) is 18.1 Å². The van der Waals surface area contributed by atoms with E-state index in [0.29, 0.717) is 0 Å². The van der Waals surface area contributed by atoms with E-state index in [4.69, 9.17) is 6.42 Å². The van der Waals surface area contributed by atoms with Crippen LogP contribution in [0.4, 0.5) is 0 Å². The van der Waals surface area contributed by atoms with Crippen LogP contribution in [0.25, 0.3) is 0 Å². The van der Waals surface area contributed by atoms with E-state index in [2.05, 4.69) is 30.3 Å².